The lowest BCUT2D eigenvalue weighted by molar-refractivity contribution is 0.661. The lowest BCUT2D eigenvalue weighted by atomic mass is 9.80. The summed E-state index contributed by atoms with van der Waals surface area (Å²) in [6, 6.07) is 158. The van der Waals surface area contributed by atoms with Gasteiger partial charge in [0.15, 0.2) is 69.9 Å². The molecular weight excluding hydrogens is 1810 g/mol. The Labute approximate surface area is 851 Å². The van der Waals surface area contributed by atoms with E-state index in [4.69, 9.17) is 64.2 Å². The van der Waals surface area contributed by atoms with Crippen LogP contribution >= 0.6 is 0 Å². The third-order valence-corrected chi connectivity index (χ3v) is 29.5. The van der Waals surface area contributed by atoms with Gasteiger partial charge in [0.25, 0.3) is 0 Å². The van der Waals surface area contributed by atoms with Crippen molar-refractivity contribution in [3.8, 4) is 176 Å². The first-order valence-corrected chi connectivity index (χ1v) is 49.9. The van der Waals surface area contributed by atoms with E-state index >= 15 is 0 Å². The highest BCUT2D eigenvalue weighted by molar-refractivity contribution is 6.29. The van der Waals surface area contributed by atoms with Crippen molar-refractivity contribution < 1.29 is 4.42 Å². The second-order valence-corrected chi connectivity index (χ2v) is 38.9. The lowest BCUT2D eigenvalue weighted by Gasteiger charge is -2.24. The first-order chi connectivity index (χ1) is 72.9. The molecule has 0 saturated heterocycles. The Hall–Kier alpha value is -19.6. The Morgan fingerprint density at radius 2 is 0.493 bits per heavy atom. The summed E-state index contributed by atoms with van der Waals surface area (Å²) in [7, 11) is 0. The van der Waals surface area contributed by atoms with Crippen molar-refractivity contribution in [3.05, 3.63) is 477 Å². The predicted octanol–water partition coefficient (Wildman–Crippen LogP) is 31.9. The van der Waals surface area contributed by atoms with E-state index < -0.39 is 0 Å². The summed E-state index contributed by atoms with van der Waals surface area (Å²) < 4.78 is 13.5. The molecule has 0 fully saturated rings. The van der Waals surface area contributed by atoms with E-state index in [1.54, 1.807) is 0 Å². The second kappa shape index (κ2) is 34.7. The molecule has 19 aromatic carbocycles. The number of rotatable bonds is 15. The summed E-state index contributed by atoms with van der Waals surface area (Å²) in [4.78, 5) is 63.5. The van der Waals surface area contributed by atoms with E-state index in [0.29, 0.717) is 69.9 Å². The highest BCUT2D eigenvalue weighted by atomic mass is 16.3. The van der Waals surface area contributed by atoms with E-state index in [0.717, 1.165) is 144 Å². The zero-order chi connectivity index (χ0) is 98.4. The highest BCUT2D eigenvalue weighted by Gasteiger charge is 2.41. The topological polar surface area (TPSA) is 183 Å². The molecule has 2 aliphatic carbocycles. The molecular formula is C132H87N15O. The highest BCUT2D eigenvalue weighted by Crippen LogP contribution is 2.56. The third-order valence-electron chi connectivity index (χ3n) is 29.5. The Morgan fingerprint density at radius 1 is 0.182 bits per heavy atom. The fraction of sp³-hybridized carbons (Fsp3) is 0.0455. The van der Waals surface area contributed by atoms with Crippen LogP contribution < -0.4 is 0 Å². The van der Waals surface area contributed by atoms with Gasteiger partial charge in [-0.25, -0.2) is 59.8 Å². The number of furan rings is 1. The zero-order valence-electron chi connectivity index (χ0n) is 80.9. The van der Waals surface area contributed by atoms with Gasteiger partial charge in [0.05, 0.1) is 44.5 Å². The zero-order valence-corrected chi connectivity index (χ0v) is 80.9. The van der Waals surface area contributed by atoms with Crippen LogP contribution in [0.15, 0.2) is 459 Å². The number of hydrogen-bond acceptors (Lipinski definition) is 13. The fourth-order valence-electron chi connectivity index (χ4n) is 22.7. The molecule has 0 atom stereocenters. The number of aromatic nitrogens is 15. The summed E-state index contributed by atoms with van der Waals surface area (Å²) in [5, 5.41) is 9.17. The van der Waals surface area contributed by atoms with E-state index in [1.165, 1.54) is 71.4 Å². The van der Waals surface area contributed by atoms with Gasteiger partial charge in [0.1, 0.15) is 11.2 Å². The number of benzene rings is 19. The standard InChI is InChI=1S/C69H46N8.C63H41N7O/c1-69(2)54-35-18-15-30-48(54)49-33-21-34-52(62(49)69)67-72-65(45-26-11-5-12-27-45)71-66(75-67)46-38-39-57(53(42-46)68-73-63(43-22-7-3-8-23-43)70-64(74-68)44-24-9-4-10-25-44)77-56-37-20-17-32-51(56)61-59(77)41-40-58-60(61)50-31-16-19-36-55(50)76(58)47-28-13-6-14-29-47;1-63(2)48-27-15-12-25-45(48)55-49(63)33-35-52-56(55)46-26-13-16-28-50(46)70(52)51-34-31-41(36-47(51)62-68-58(39-20-8-4-9-21-39)64-59(69-62)40-22-10-5-11-23-40)60-65-57(38-18-6-3-7-19-38)66-61(67-60)42-30-32-44-43-24-14-17-29-53(43)71-54(44)37-42/h3-42H,1-2H3;3-37H,1-2H3. The molecule has 696 valence electrons. The van der Waals surface area contributed by atoms with Crippen molar-refractivity contribution in [1.29, 1.82) is 0 Å². The van der Waals surface area contributed by atoms with Gasteiger partial charge in [-0.05, 0) is 148 Å². The summed E-state index contributed by atoms with van der Waals surface area (Å²) >= 11 is 0. The van der Waals surface area contributed by atoms with Crippen LogP contribution in [0.1, 0.15) is 49.9 Å². The maximum atomic E-state index is 6.36. The number of para-hydroxylation sites is 5. The van der Waals surface area contributed by atoms with Crippen LogP contribution in [0.4, 0.5) is 0 Å². The number of hydrogen-bond donors (Lipinski definition) is 0. The van der Waals surface area contributed by atoms with Gasteiger partial charge in [0.2, 0.25) is 0 Å². The molecule has 8 heterocycles. The van der Waals surface area contributed by atoms with Crippen molar-refractivity contribution >= 4 is 87.4 Å². The van der Waals surface area contributed by atoms with Crippen molar-refractivity contribution in [1.82, 2.24) is 73.5 Å². The van der Waals surface area contributed by atoms with E-state index in [9.17, 15) is 0 Å². The van der Waals surface area contributed by atoms with Gasteiger partial charge in [-0.15, -0.1) is 0 Å². The van der Waals surface area contributed by atoms with Crippen LogP contribution in [-0.4, -0.2) is 73.5 Å². The van der Waals surface area contributed by atoms with Crippen LogP contribution in [0.3, 0.4) is 0 Å². The molecule has 27 aromatic rings. The molecule has 0 saturated carbocycles. The van der Waals surface area contributed by atoms with Gasteiger partial charge in [0, 0.05) is 126 Å². The number of nitrogens with zero attached hydrogens (tertiary/aromatic N) is 15. The quantitative estimate of drug-likeness (QED) is 0.0946. The molecule has 29 rings (SSSR count). The molecule has 148 heavy (non-hydrogen) atoms. The van der Waals surface area contributed by atoms with E-state index in [-0.39, 0.29) is 10.8 Å². The smallest absolute Gasteiger partial charge is 0.166 e. The maximum absolute atomic E-state index is 6.36. The van der Waals surface area contributed by atoms with Crippen molar-refractivity contribution in [2.24, 2.45) is 0 Å². The first-order valence-electron chi connectivity index (χ1n) is 49.9. The molecule has 0 amide bonds. The molecule has 2 aliphatic rings. The summed E-state index contributed by atoms with van der Waals surface area (Å²) in [6.07, 6.45) is 0. The Bertz CT molecular complexity index is 9930. The molecule has 0 bridgehead atoms. The van der Waals surface area contributed by atoms with Crippen LogP contribution in [0, 0.1) is 0 Å². The average Bonchev–Trinajstić information content (AvgIpc) is 1.54. The minimum Gasteiger partial charge on any atom is -0.456 e. The van der Waals surface area contributed by atoms with Crippen molar-refractivity contribution in [2.45, 2.75) is 38.5 Å². The fourth-order valence-corrected chi connectivity index (χ4v) is 22.7. The van der Waals surface area contributed by atoms with Crippen LogP contribution in [-0.2, 0) is 10.8 Å². The van der Waals surface area contributed by atoms with Crippen LogP contribution in [0.5, 0.6) is 0 Å². The Kier molecular flexibility index (Phi) is 20.2. The summed E-state index contributed by atoms with van der Waals surface area (Å²) in [5.41, 5.74) is 31.0. The maximum Gasteiger partial charge on any atom is 0.166 e. The van der Waals surface area contributed by atoms with Gasteiger partial charge in [-0.2, -0.15) is 0 Å². The third kappa shape index (κ3) is 14.3. The lowest BCUT2D eigenvalue weighted by Crippen LogP contribution is -2.17. The van der Waals surface area contributed by atoms with Gasteiger partial charge in [-0.1, -0.05) is 380 Å². The van der Waals surface area contributed by atoms with Crippen molar-refractivity contribution in [2.75, 3.05) is 0 Å². The van der Waals surface area contributed by atoms with Gasteiger partial charge in [-0.3, -0.25) is 0 Å². The molecule has 0 N–H and O–H groups in total. The van der Waals surface area contributed by atoms with E-state index in [2.05, 4.69) is 302 Å². The summed E-state index contributed by atoms with van der Waals surface area (Å²) in [5.74, 6) is 6.62. The SMILES string of the molecule is CC1(C)c2ccccc2-c2c1ccc1c2c2ccccc2n1-c1ccc(-c2nc(-c3ccccc3)nc(-c3ccc4c(c3)oc3ccccc34)n2)cc1-c1nc(-c2ccccc2)nc(-c2ccccc2)n1.CC1(C)c2ccccc2-c2cccc(-c3nc(-c4ccccc4)nc(-c4ccc(-n5c6ccccc6c6c7c8ccccc8n(-c8ccccc8)c7ccc65)c(-c5nc(-c6ccccc6)nc(-c6ccccc6)n5)c4)n3)c21. The van der Waals surface area contributed by atoms with Crippen LogP contribution in [0.25, 0.3) is 263 Å². The molecule has 0 aliphatic heterocycles. The minimum absolute atomic E-state index is 0.164. The molecule has 16 nitrogen and oxygen atoms in total. The second-order valence-electron chi connectivity index (χ2n) is 38.9. The molecule has 0 radical (unpaired) electrons. The van der Waals surface area contributed by atoms with Gasteiger partial charge < -0.3 is 18.1 Å². The van der Waals surface area contributed by atoms with Gasteiger partial charge >= 0.3 is 0 Å². The molecule has 8 aromatic heterocycles. The number of fused-ring (bicyclic) bond motifs is 20. The van der Waals surface area contributed by atoms with E-state index in [1.807, 2.05) is 194 Å². The Morgan fingerprint density at radius 3 is 0.953 bits per heavy atom. The summed E-state index contributed by atoms with van der Waals surface area (Å²) in [6.45, 7) is 9.27. The minimum atomic E-state index is -0.299. The predicted molar refractivity (Wildman–Crippen MR) is 597 cm³/mol. The first kappa shape index (κ1) is 86.3. The Balaban J connectivity index is 0.000000143. The molecule has 0 unspecified atom stereocenters. The molecule has 0 spiro atoms. The molecule has 16 heteroatoms. The van der Waals surface area contributed by atoms with Crippen molar-refractivity contribution in [3.63, 3.8) is 0 Å². The normalized spacial score (nSPS) is 12.7. The van der Waals surface area contributed by atoms with Crippen LogP contribution in [0.2, 0.25) is 0 Å². The largest absolute Gasteiger partial charge is 0.456 e. The average molecular weight is 1900 g/mol. The monoisotopic (exact) mass is 1900 g/mol.